The van der Waals surface area contributed by atoms with Crippen LogP contribution in [0.3, 0.4) is 0 Å². The van der Waals surface area contributed by atoms with Crippen LogP contribution in [-0.2, 0) is 14.8 Å². The van der Waals surface area contributed by atoms with E-state index in [1.165, 1.54) is 36.4 Å². The zero-order valence-electron chi connectivity index (χ0n) is 13.4. The first-order valence-electron chi connectivity index (χ1n) is 7.33. The molecule has 1 amide bonds. The minimum absolute atomic E-state index is 0.120. The molecule has 0 radical (unpaired) electrons. The summed E-state index contributed by atoms with van der Waals surface area (Å²) < 4.78 is 38.0. The van der Waals surface area contributed by atoms with E-state index in [0.29, 0.717) is 5.69 Å². The summed E-state index contributed by atoms with van der Waals surface area (Å²) in [5.41, 5.74) is 0.837. The lowest BCUT2D eigenvalue weighted by Gasteiger charge is -2.23. The van der Waals surface area contributed by atoms with Crippen molar-refractivity contribution in [1.82, 2.24) is 0 Å². The zero-order chi connectivity index (χ0) is 18.4. The predicted molar refractivity (Wildman–Crippen MR) is 93.0 cm³/mol. The number of anilines is 2. The number of benzene rings is 2. The van der Waals surface area contributed by atoms with Gasteiger partial charge in [0.15, 0.2) is 0 Å². The van der Waals surface area contributed by atoms with Crippen LogP contribution in [-0.4, -0.2) is 27.1 Å². The Kier molecular flexibility index (Phi) is 5.72. The van der Waals surface area contributed by atoms with Crippen molar-refractivity contribution >= 4 is 27.3 Å². The van der Waals surface area contributed by atoms with Gasteiger partial charge in [-0.2, -0.15) is 5.26 Å². The summed E-state index contributed by atoms with van der Waals surface area (Å²) in [6.45, 7) is -0.120. The number of halogens is 1. The molecule has 0 heterocycles. The van der Waals surface area contributed by atoms with Crippen molar-refractivity contribution < 1.29 is 17.6 Å². The van der Waals surface area contributed by atoms with Crippen LogP contribution in [0.5, 0.6) is 0 Å². The maximum Gasteiger partial charge on any atom is 0.232 e. The van der Waals surface area contributed by atoms with E-state index in [1.807, 2.05) is 6.07 Å². The Hall–Kier alpha value is -2.92. The van der Waals surface area contributed by atoms with Crippen LogP contribution in [0.2, 0.25) is 0 Å². The molecule has 6 nitrogen and oxygen atoms in total. The maximum absolute atomic E-state index is 12.9. The first-order valence-corrected chi connectivity index (χ1v) is 9.18. The smallest absolute Gasteiger partial charge is 0.232 e. The van der Waals surface area contributed by atoms with Crippen LogP contribution in [0.4, 0.5) is 15.8 Å². The average Bonchev–Trinajstić information content (AvgIpc) is 2.56. The molecule has 25 heavy (non-hydrogen) atoms. The summed E-state index contributed by atoms with van der Waals surface area (Å²) >= 11 is 0. The number of nitrogens with one attached hydrogen (secondary N) is 1. The van der Waals surface area contributed by atoms with E-state index in [9.17, 15) is 17.6 Å². The number of para-hydroxylation sites is 1. The standard InChI is InChI=1S/C17H16FN3O3S/c1-25(23,24)21(16-5-3-2-4-13(16)12-19)11-10-17(22)20-15-8-6-14(18)7-9-15/h2-9H,10-11H2,1H3,(H,20,22). The van der Waals surface area contributed by atoms with E-state index in [4.69, 9.17) is 5.26 Å². The molecule has 0 atom stereocenters. The summed E-state index contributed by atoms with van der Waals surface area (Å²) in [6.07, 6.45) is 0.892. The third-order valence-electron chi connectivity index (χ3n) is 3.36. The van der Waals surface area contributed by atoms with Crippen molar-refractivity contribution in [2.75, 3.05) is 22.4 Å². The first-order chi connectivity index (χ1) is 11.8. The van der Waals surface area contributed by atoms with Gasteiger partial charge in [-0.05, 0) is 36.4 Å². The van der Waals surface area contributed by atoms with Gasteiger partial charge in [0.1, 0.15) is 11.9 Å². The fraction of sp³-hybridized carbons (Fsp3) is 0.176. The van der Waals surface area contributed by atoms with E-state index < -0.39 is 21.7 Å². The van der Waals surface area contributed by atoms with Crippen molar-refractivity contribution in [3.8, 4) is 6.07 Å². The van der Waals surface area contributed by atoms with Crippen LogP contribution < -0.4 is 9.62 Å². The molecule has 0 unspecified atom stereocenters. The van der Waals surface area contributed by atoms with Gasteiger partial charge in [-0.1, -0.05) is 12.1 Å². The fourth-order valence-electron chi connectivity index (χ4n) is 2.21. The molecule has 0 aliphatic heterocycles. The Bertz CT molecular complexity index is 905. The second-order valence-corrected chi connectivity index (χ2v) is 7.18. The Morgan fingerprint density at radius 1 is 1.20 bits per heavy atom. The SMILES string of the molecule is CS(=O)(=O)N(CCC(=O)Nc1ccc(F)cc1)c1ccccc1C#N. The van der Waals surface area contributed by atoms with E-state index in [-0.39, 0.29) is 24.2 Å². The summed E-state index contributed by atoms with van der Waals surface area (Å²) in [7, 11) is -3.67. The second-order valence-electron chi connectivity index (χ2n) is 5.27. The van der Waals surface area contributed by atoms with Gasteiger partial charge in [0.2, 0.25) is 15.9 Å². The lowest BCUT2D eigenvalue weighted by atomic mass is 10.2. The molecule has 0 spiro atoms. The molecule has 0 saturated heterocycles. The van der Waals surface area contributed by atoms with Crippen molar-refractivity contribution in [2.45, 2.75) is 6.42 Å². The quantitative estimate of drug-likeness (QED) is 0.856. The topological polar surface area (TPSA) is 90.3 Å². The van der Waals surface area contributed by atoms with E-state index in [1.54, 1.807) is 12.1 Å². The highest BCUT2D eigenvalue weighted by atomic mass is 32.2. The number of carbonyl (C=O) groups excluding carboxylic acids is 1. The lowest BCUT2D eigenvalue weighted by Crippen LogP contribution is -2.33. The molecular formula is C17H16FN3O3S. The zero-order valence-corrected chi connectivity index (χ0v) is 14.3. The molecular weight excluding hydrogens is 345 g/mol. The van der Waals surface area contributed by atoms with Crippen molar-refractivity contribution in [3.63, 3.8) is 0 Å². The van der Waals surface area contributed by atoms with Crippen LogP contribution in [0.25, 0.3) is 0 Å². The highest BCUT2D eigenvalue weighted by Crippen LogP contribution is 2.22. The van der Waals surface area contributed by atoms with E-state index in [0.717, 1.165) is 10.6 Å². The third kappa shape index (κ3) is 5.02. The van der Waals surface area contributed by atoms with Gasteiger partial charge in [0.05, 0.1) is 17.5 Å². The minimum atomic E-state index is -3.67. The number of nitriles is 1. The molecule has 2 rings (SSSR count). The Balaban J connectivity index is 2.12. The molecule has 0 aliphatic carbocycles. The molecule has 0 bridgehead atoms. The number of hydrogen-bond donors (Lipinski definition) is 1. The summed E-state index contributed by atoms with van der Waals surface area (Å²) in [5, 5.41) is 11.7. The van der Waals surface area contributed by atoms with Gasteiger partial charge in [-0.15, -0.1) is 0 Å². The molecule has 0 aromatic heterocycles. The van der Waals surface area contributed by atoms with Crippen LogP contribution in [0.1, 0.15) is 12.0 Å². The average molecular weight is 361 g/mol. The third-order valence-corrected chi connectivity index (χ3v) is 4.54. The van der Waals surface area contributed by atoms with Gasteiger partial charge >= 0.3 is 0 Å². The number of sulfonamides is 1. The van der Waals surface area contributed by atoms with Crippen molar-refractivity contribution in [3.05, 3.63) is 59.9 Å². The molecule has 1 N–H and O–H groups in total. The Morgan fingerprint density at radius 3 is 2.44 bits per heavy atom. The van der Waals surface area contributed by atoms with E-state index in [2.05, 4.69) is 5.32 Å². The van der Waals surface area contributed by atoms with Gasteiger partial charge in [-0.25, -0.2) is 12.8 Å². The monoisotopic (exact) mass is 361 g/mol. The molecule has 8 heteroatoms. The maximum atomic E-state index is 12.9. The van der Waals surface area contributed by atoms with Crippen molar-refractivity contribution in [1.29, 1.82) is 5.26 Å². The second kappa shape index (κ2) is 7.77. The lowest BCUT2D eigenvalue weighted by molar-refractivity contribution is -0.116. The predicted octanol–water partition coefficient (Wildman–Crippen LogP) is 2.49. The number of hydrogen-bond acceptors (Lipinski definition) is 4. The largest absolute Gasteiger partial charge is 0.326 e. The fourth-order valence-corrected chi connectivity index (χ4v) is 3.15. The van der Waals surface area contributed by atoms with Gasteiger partial charge in [-0.3, -0.25) is 9.10 Å². The summed E-state index contributed by atoms with van der Waals surface area (Å²) in [4.78, 5) is 12.0. The number of rotatable bonds is 6. The highest BCUT2D eigenvalue weighted by molar-refractivity contribution is 7.92. The van der Waals surface area contributed by atoms with Crippen LogP contribution in [0, 0.1) is 17.1 Å². The highest BCUT2D eigenvalue weighted by Gasteiger charge is 2.21. The van der Waals surface area contributed by atoms with Gasteiger partial charge in [0.25, 0.3) is 0 Å². The number of amides is 1. The van der Waals surface area contributed by atoms with Crippen LogP contribution in [0.15, 0.2) is 48.5 Å². The summed E-state index contributed by atoms with van der Waals surface area (Å²) in [5.74, 6) is -0.843. The van der Waals surface area contributed by atoms with Gasteiger partial charge < -0.3 is 5.32 Å². The molecule has 130 valence electrons. The first kappa shape index (κ1) is 18.4. The molecule has 0 fully saturated rings. The Morgan fingerprint density at radius 2 is 1.84 bits per heavy atom. The molecule has 0 saturated carbocycles. The number of carbonyl (C=O) groups is 1. The molecule has 2 aromatic rings. The summed E-state index contributed by atoms with van der Waals surface area (Å²) in [6, 6.07) is 13.4. The molecule has 2 aromatic carbocycles. The van der Waals surface area contributed by atoms with Crippen LogP contribution >= 0.6 is 0 Å². The van der Waals surface area contributed by atoms with E-state index >= 15 is 0 Å². The minimum Gasteiger partial charge on any atom is -0.326 e. The Labute approximate surface area is 145 Å². The van der Waals surface area contributed by atoms with Crippen molar-refractivity contribution in [2.24, 2.45) is 0 Å². The normalized spacial score (nSPS) is 10.8. The van der Waals surface area contributed by atoms with Gasteiger partial charge in [0, 0.05) is 18.7 Å². The number of nitrogens with zero attached hydrogens (tertiary/aromatic N) is 2. The molecule has 0 aliphatic rings.